The summed E-state index contributed by atoms with van der Waals surface area (Å²) in [6.07, 6.45) is 6.76. The molecule has 0 saturated heterocycles. The lowest BCUT2D eigenvalue weighted by Gasteiger charge is -2.07. The van der Waals surface area contributed by atoms with Crippen LogP contribution in [0.15, 0.2) is 48.5 Å². The Morgan fingerprint density at radius 1 is 0.935 bits per heavy atom. The molecule has 0 fully saturated rings. The Hall–Kier alpha value is -3.15. The van der Waals surface area contributed by atoms with Crippen molar-refractivity contribution < 1.29 is 14.3 Å². The van der Waals surface area contributed by atoms with Gasteiger partial charge >= 0.3 is 6.01 Å². The van der Waals surface area contributed by atoms with Crippen LogP contribution in [0.2, 0.25) is 0 Å². The predicted molar refractivity (Wildman–Crippen MR) is 122 cm³/mol. The SMILES string of the molecule is CCCCCCc1ccc(C(=O)n2nc(OCCC)nc2-c2ccc(OC)cc2)cc1. The van der Waals surface area contributed by atoms with E-state index in [2.05, 4.69) is 17.0 Å². The zero-order chi connectivity index (χ0) is 22.1. The normalized spacial score (nSPS) is 10.8. The fourth-order valence-corrected chi connectivity index (χ4v) is 3.31. The molecule has 6 heteroatoms. The third-order valence-corrected chi connectivity index (χ3v) is 5.08. The lowest BCUT2D eigenvalue weighted by atomic mass is 10.0. The maximum Gasteiger partial charge on any atom is 0.336 e. The van der Waals surface area contributed by atoms with Crippen molar-refractivity contribution in [1.29, 1.82) is 0 Å². The average Bonchev–Trinajstić information content (AvgIpc) is 3.24. The van der Waals surface area contributed by atoms with Gasteiger partial charge in [0.1, 0.15) is 5.75 Å². The van der Waals surface area contributed by atoms with Gasteiger partial charge in [0.05, 0.1) is 13.7 Å². The lowest BCUT2D eigenvalue weighted by molar-refractivity contribution is 0.0944. The molecule has 1 heterocycles. The molecule has 31 heavy (non-hydrogen) atoms. The minimum absolute atomic E-state index is 0.202. The summed E-state index contributed by atoms with van der Waals surface area (Å²) < 4.78 is 12.1. The molecule has 6 nitrogen and oxygen atoms in total. The third-order valence-electron chi connectivity index (χ3n) is 5.08. The number of methoxy groups -OCH3 is 1. The molecular formula is C25H31N3O3. The third kappa shape index (κ3) is 5.94. The zero-order valence-corrected chi connectivity index (χ0v) is 18.6. The van der Waals surface area contributed by atoms with Crippen molar-refractivity contribution in [1.82, 2.24) is 14.8 Å². The molecule has 0 unspecified atom stereocenters. The van der Waals surface area contributed by atoms with Gasteiger partial charge in [0.25, 0.3) is 5.91 Å². The number of benzene rings is 2. The largest absolute Gasteiger partial charge is 0.497 e. The topological polar surface area (TPSA) is 66.2 Å². The molecule has 0 radical (unpaired) electrons. The summed E-state index contributed by atoms with van der Waals surface area (Å²) in [4.78, 5) is 17.7. The van der Waals surface area contributed by atoms with E-state index in [-0.39, 0.29) is 11.9 Å². The summed E-state index contributed by atoms with van der Waals surface area (Å²) in [6.45, 7) is 4.72. The molecule has 0 spiro atoms. The fraction of sp³-hybridized carbons (Fsp3) is 0.400. The minimum Gasteiger partial charge on any atom is -0.497 e. The zero-order valence-electron chi connectivity index (χ0n) is 18.6. The van der Waals surface area contributed by atoms with Gasteiger partial charge in [-0.05, 0) is 61.2 Å². The highest BCUT2D eigenvalue weighted by atomic mass is 16.5. The predicted octanol–water partition coefficient (Wildman–Crippen LogP) is 5.55. The van der Waals surface area contributed by atoms with Crippen LogP contribution in [0, 0.1) is 0 Å². The number of nitrogens with zero attached hydrogens (tertiary/aromatic N) is 3. The van der Waals surface area contributed by atoms with Crippen molar-refractivity contribution in [2.24, 2.45) is 0 Å². The van der Waals surface area contributed by atoms with E-state index < -0.39 is 0 Å². The van der Waals surface area contributed by atoms with Crippen molar-refractivity contribution in [2.75, 3.05) is 13.7 Å². The van der Waals surface area contributed by atoms with E-state index in [1.807, 2.05) is 55.5 Å². The van der Waals surface area contributed by atoms with E-state index in [4.69, 9.17) is 9.47 Å². The van der Waals surface area contributed by atoms with Crippen LogP contribution in [-0.2, 0) is 6.42 Å². The van der Waals surface area contributed by atoms with Crippen LogP contribution in [0.4, 0.5) is 0 Å². The first-order valence-corrected chi connectivity index (χ1v) is 11.0. The van der Waals surface area contributed by atoms with Gasteiger partial charge in [-0.3, -0.25) is 4.79 Å². The smallest absolute Gasteiger partial charge is 0.336 e. The molecule has 0 bridgehead atoms. The number of carbonyl (C=O) groups excluding carboxylic acids is 1. The first-order valence-electron chi connectivity index (χ1n) is 11.0. The quantitative estimate of drug-likeness (QED) is 0.380. The molecule has 164 valence electrons. The number of carbonyl (C=O) groups is 1. The molecule has 0 amide bonds. The van der Waals surface area contributed by atoms with Crippen LogP contribution in [-0.4, -0.2) is 34.4 Å². The molecule has 1 aromatic heterocycles. The Kier molecular flexibility index (Phi) is 8.21. The van der Waals surface area contributed by atoms with Crippen molar-refractivity contribution in [2.45, 2.75) is 52.4 Å². The molecule has 0 aliphatic heterocycles. The summed E-state index contributed by atoms with van der Waals surface area (Å²) >= 11 is 0. The van der Waals surface area contributed by atoms with Gasteiger partial charge in [0.2, 0.25) is 0 Å². The highest BCUT2D eigenvalue weighted by Crippen LogP contribution is 2.24. The van der Waals surface area contributed by atoms with Crippen molar-refractivity contribution in [3.8, 4) is 23.1 Å². The highest BCUT2D eigenvalue weighted by Gasteiger charge is 2.20. The van der Waals surface area contributed by atoms with Crippen LogP contribution < -0.4 is 9.47 Å². The van der Waals surface area contributed by atoms with Gasteiger partial charge in [-0.2, -0.15) is 9.67 Å². The second kappa shape index (κ2) is 11.3. The maximum atomic E-state index is 13.2. The van der Waals surface area contributed by atoms with Crippen LogP contribution in [0.3, 0.4) is 0 Å². The van der Waals surface area contributed by atoms with Gasteiger partial charge < -0.3 is 9.47 Å². The first-order chi connectivity index (χ1) is 15.2. The van der Waals surface area contributed by atoms with Crippen LogP contribution in [0.5, 0.6) is 11.8 Å². The average molecular weight is 422 g/mol. The van der Waals surface area contributed by atoms with E-state index >= 15 is 0 Å². The molecule has 0 aliphatic carbocycles. The Bertz CT molecular complexity index is 963. The van der Waals surface area contributed by atoms with Crippen LogP contribution in [0.25, 0.3) is 11.4 Å². The number of hydrogen-bond donors (Lipinski definition) is 0. The summed E-state index contributed by atoms with van der Waals surface area (Å²) in [5.74, 6) is 0.947. The molecular weight excluding hydrogens is 390 g/mol. The van der Waals surface area contributed by atoms with Crippen LogP contribution in [0.1, 0.15) is 61.9 Å². The monoisotopic (exact) mass is 421 g/mol. The van der Waals surface area contributed by atoms with Crippen molar-refractivity contribution in [3.63, 3.8) is 0 Å². The number of unbranched alkanes of at least 4 members (excludes halogenated alkanes) is 3. The minimum atomic E-state index is -0.234. The first kappa shape index (κ1) is 22.5. The summed E-state index contributed by atoms with van der Waals surface area (Å²) in [5, 5.41) is 4.34. The van der Waals surface area contributed by atoms with Gasteiger partial charge in [0.15, 0.2) is 5.82 Å². The second-order valence-corrected chi connectivity index (χ2v) is 7.52. The summed E-state index contributed by atoms with van der Waals surface area (Å²) in [7, 11) is 1.62. The van der Waals surface area contributed by atoms with E-state index in [0.717, 1.165) is 24.2 Å². The second-order valence-electron chi connectivity index (χ2n) is 7.52. The van der Waals surface area contributed by atoms with E-state index in [1.165, 1.54) is 35.9 Å². The van der Waals surface area contributed by atoms with E-state index in [0.29, 0.717) is 18.0 Å². The van der Waals surface area contributed by atoms with E-state index in [1.54, 1.807) is 7.11 Å². The van der Waals surface area contributed by atoms with Crippen molar-refractivity contribution >= 4 is 5.91 Å². The highest BCUT2D eigenvalue weighted by molar-refractivity contribution is 5.97. The fourth-order valence-electron chi connectivity index (χ4n) is 3.31. The van der Waals surface area contributed by atoms with Crippen LogP contribution >= 0.6 is 0 Å². The molecule has 0 N–H and O–H groups in total. The summed E-state index contributed by atoms with van der Waals surface area (Å²) in [6, 6.07) is 15.4. The lowest BCUT2D eigenvalue weighted by Crippen LogP contribution is -2.15. The van der Waals surface area contributed by atoms with Crippen molar-refractivity contribution in [3.05, 3.63) is 59.7 Å². The number of aryl methyl sites for hydroxylation is 1. The summed E-state index contributed by atoms with van der Waals surface area (Å²) in [5.41, 5.74) is 2.58. The Morgan fingerprint density at radius 3 is 2.32 bits per heavy atom. The maximum absolute atomic E-state index is 13.2. The van der Waals surface area contributed by atoms with Gasteiger partial charge in [-0.25, -0.2) is 0 Å². The van der Waals surface area contributed by atoms with Gasteiger partial charge in [-0.1, -0.05) is 45.2 Å². The number of aromatic nitrogens is 3. The molecule has 0 atom stereocenters. The molecule has 0 aliphatic rings. The Labute approximate surface area is 184 Å². The van der Waals surface area contributed by atoms with Gasteiger partial charge in [0, 0.05) is 11.1 Å². The molecule has 2 aromatic carbocycles. The van der Waals surface area contributed by atoms with E-state index in [9.17, 15) is 4.79 Å². The number of hydrogen-bond acceptors (Lipinski definition) is 5. The Morgan fingerprint density at radius 2 is 1.68 bits per heavy atom. The number of ether oxygens (including phenoxy) is 2. The number of rotatable bonds is 11. The molecule has 3 aromatic rings. The van der Waals surface area contributed by atoms with Gasteiger partial charge in [-0.15, -0.1) is 5.10 Å². The molecule has 3 rings (SSSR count). The molecule has 0 saturated carbocycles. The standard InChI is InChI=1S/C25H31N3O3/c1-4-6-7-8-9-19-10-12-21(13-11-19)24(29)28-23(26-25(27-28)31-18-5-2)20-14-16-22(30-3)17-15-20/h10-17H,4-9,18H2,1-3H3. The Balaban J connectivity index is 1.83.